The minimum atomic E-state index is -3.23. The first-order valence-electron chi connectivity index (χ1n) is 8.48. The number of sulfonamides is 1. The Morgan fingerprint density at radius 2 is 1.88 bits per heavy atom. The van der Waals surface area contributed by atoms with E-state index in [4.69, 9.17) is 0 Å². The molecule has 0 atom stereocenters. The van der Waals surface area contributed by atoms with Crippen LogP contribution in [0.15, 0.2) is 24.3 Å². The van der Waals surface area contributed by atoms with E-state index in [0.717, 1.165) is 53.2 Å². The fourth-order valence-electron chi connectivity index (χ4n) is 3.18. The van der Waals surface area contributed by atoms with Crippen molar-refractivity contribution < 1.29 is 8.42 Å². The third-order valence-corrected chi connectivity index (χ3v) is 7.78. The summed E-state index contributed by atoms with van der Waals surface area (Å²) >= 11 is 1.58. The predicted octanol–water partition coefficient (Wildman–Crippen LogP) is 4.18. The lowest BCUT2D eigenvalue weighted by Crippen LogP contribution is -2.35. The minimum absolute atomic E-state index is 0.227. The molecule has 1 aliphatic carbocycles. The Kier molecular flexibility index (Phi) is 5.37. The highest BCUT2D eigenvalue weighted by atomic mass is 32.2. The average Bonchev–Trinajstić information content (AvgIpc) is 2.95. The van der Waals surface area contributed by atoms with Crippen LogP contribution in [-0.4, -0.2) is 18.7 Å². The molecular formula is C18H24N2O2S2. The highest BCUT2D eigenvalue weighted by molar-refractivity contribution is 7.90. The van der Waals surface area contributed by atoms with Gasteiger partial charge in [-0.1, -0.05) is 43.5 Å². The maximum atomic E-state index is 12.5. The van der Waals surface area contributed by atoms with E-state index in [-0.39, 0.29) is 5.25 Å². The summed E-state index contributed by atoms with van der Waals surface area (Å²) < 4.78 is 27.8. The SMILES string of the molecule is Cc1ccccc1-c1nc(C)c(CNS(=O)(=O)C2CCCCC2)s1. The third-order valence-electron chi connectivity index (χ3n) is 4.69. The standard InChI is InChI=1S/C18H24N2O2S2/c1-13-8-6-7-11-16(13)18-20-14(2)17(23-18)12-19-24(21,22)15-9-4-3-5-10-15/h6-8,11,15,19H,3-5,9-10,12H2,1-2H3. The second-order valence-corrected chi connectivity index (χ2v) is 9.60. The van der Waals surface area contributed by atoms with Gasteiger partial charge in [0.05, 0.1) is 10.9 Å². The van der Waals surface area contributed by atoms with Gasteiger partial charge in [0, 0.05) is 17.0 Å². The molecule has 0 spiro atoms. The quantitative estimate of drug-likeness (QED) is 0.866. The molecule has 1 heterocycles. The molecule has 6 heteroatoms. The van der Waals surface area contributed by atoms with Crippen molar-refractivity contribution in [2.45, 2.75) is 57.7 Å². The lowest BCUT2D eigenvalue weighted by Gasteiger charge is -2.21. The number of rotatable bonds is 5. The van der Waals surface area contributed by atoms with Gasteiger partial charge in [-0.3, -0.25) is 0 Å². The molecule has 0 saturated heterocycles. The van der Waals surface area contributed by atoms with Crippen molar-refractivity contribution in [3.8, 4) is 10.6 Å². The lowest BCUT2D eigenvalue weighted by molar-refractivity contribution is 0.477. The van der Waals surface area contributed by atoms with Gasteiger partial charge < -0.3 is 0 Å². The van der Waals surface area contributed by atoms with Crippen LogP contribution in [0.1, 0.15) is 48.2 Å². The highest BCUT2D eigenvalue weighted by Crippen LogP contribution is 2.30. The summed E-state index contributed by atoms with van der Waals surface area (Å²) in [4.78, 5) is 5.63. The van der Waals surface area contributed by atoms with Gasteiger partial charge in [-0.05, 0) is 32.3 Å². The summed E-state index contributed by atoms with van der Waals surface area (Å²) in [5, 5.41) is 0.729. The fraction of sp³-hybridized carbons (Fsp3) is 0.500. The second kappa shape index (κ2) is 7.33. The molecule has 3 rings (SSSR count). The van der Waals surface area contributed by atoms with Gasteiger partial charge >= 0.3 is 0 Å². The zero-order valence-electron chi connectivity index (χ0n) is 14.2. The molecule has 0 bridgehead atoms. The summed E-state index contributed by atoms with van der Waals surface area (Å²) in [7, 11) is -3.23. The smallest absolute Gasteiger partial charge is 0.214 e. The zero-order valence-corrected chi connectivity index (χ0v) is 15.8. The first-order chi connectivity index (χ1) is 11.5. The average molecular weight is 365 g/mol. The van der Waals surface area contributed by atoms with E-state index in [2.05, 4.69) is 28.8 Å². The van der Waals surface area contributed by atoms with Gasteiger partial charge in [-0.2, -0.15) is 0 Å². The molecule has 0 unspecified atom stereocenters. The Bertz CT molecular complexity index is 806. The second-order valence-electron chi connectivity index (χ2n) is 6.47. The zero-order chi connectivity index (χ0) is 17.2. The van der Waals surface area contributed by atoms with E-state index in [9.17, 15) is 8.42 Å². The summed E-state index contributed by atoms with van der Waals surface area (Å²) in [5.41, 5.74) is 3.21. The molecule has 0 aliphatic heterocycles. The Hall–Kier alpha value is -1.24. The number of benzene rings is 1. The molecule has 1 fully saturated rings. The minimum Gasteiger partial charge on any atom is -0.241 e. The number of hydrogen-bond donors (Lipinski definition) is 1. The van der Waals surface area contributed by atoms with E-state index in [0.29, 0.717) is 6.54 Å². The third kappa shape index (κ3) is 3.87. The Labute approximate surface area is 148 Å². The van der Waals surface area contributed by atoms with Crippen molar-refractivity contribution >= 4 is 21.4 Å². The molecule has 0 radical (unpaired) electrons. The monoisotopic (exact) mass is 364 g/mol. The van der Waals surface area contributed by atoms with Crippen molar-refractivity contribution in [1.29, 1.82) is 0 Å². The number of aromatic nitrogens is 1. The normalized spacial score (nSPS) is 16.4. The van der Waals surface area contributed by atoms with Crippen LogP contribution in [0.25, 0.3) is 10.6 Å². The summed E-state index contributed by atoms with van der Waals surface area (Å²) in [6.45, 7) is 4.36. The van der Waals surface area contributed by atoms with E-state index in [1.807, 2.05) is 19.1 Å². The Morgan fingerprint density at radius 3 is 2.58 bits per heavy atom. The van der Waals surface area contributed by atoms with Crippen LogP contribution in [0.3, 0.4) is 0 Å². The van der Waals surface area contributed by atoms with Crippen molar-refractivity contribution in [2.24, 2.45) is 0 Å². The summed E-state index contributed by atoms with van der Waals surface area (Å²) in [6.07, 6.45) is 4.75. The number of aryl methyl sites for hydroxylation is 2. The molecule has 1 aromatic heterocycles. The Morgan fingerprint density at radius 1 is 1.17 bits per heavy atom. The van der Waals surface area contributed by atoms with Crippen LogP contribution in [0, 0.1) is 13.8 Å². The molecule has 4 nitrogen and oxygen atoms in total. The molecule has 130 valence electrons. The Balaban J connectivity index is 1.73. The topological polar surface area (TPSA) is 59.1 Å². The van der Waals surface area contributed by atoms with Gasteiger partial charge in [-0.15, -0.1) is 11.3 Å². The van der Waals surface area contributed by atoms with E-state index >= 15 is 0 Å². The van der Waals surface area contributed by atoms with Crippen LogP contribution >= 0.6 is 11.3 Å². The number of nitrogens with one attached hydrogen (secondary N) is 1. The molecule has 1 aliphatic rings. The molecule has 2 aromatic rings. The summed E-state index contributed by atoms with van der Waals surface area (Å²) in [5.74, 6) is 0. The van der Waals surface area contributed by atoms with E-state index in [1.165, 1.54) is 5.56 Å². The maximum Gasteiger partial charge on any atom is 0.214 e. The van der Waals surface area contributed by atoms with Gasteiger partial charge in [0.15, 0.2) is 0 Å². The highest BCUT2D eigenvalue weighted by Gasteiger charge is 2.27. The number of thiazole rings is 1. The van der Waals surface area contributed by atoms with E-state index < -0.39 is 10.0 Å². The predicted molar refractivity (Wildman–Crippen MR) is 99.7 cm³/mol. The largest absolute Gasteiger partial charge is 0.241 e. The van der Waals surface area contributed by atoms with Gasteiger partial charge in [-0.25, -0.2) is 18.1 Å². The molecular weight excluding hydrogens is 340 g/mol. The number of hydrogen-bond acceptors (Lipinski definition) is 4. The van der Waals surface area contributed by atoms with Crippen molar-refractivity contribution in [3.63, 3.8) is 0 Å². The van der Waals surface area contributed by atoms with Crippen LogP contribution < -0.4 is 4.72 Å². The molecule has 1 aromatic carbocycles. The van der Waals surface area contributed by atoms with Crippen molar-refractivity contribution in [3.05, 3.63) is 40.4 Å². The van der Waals surface area contributed by atoms with Gasteiger partial charge in [0.1, 0.15) is 5.01 Å². The maximum absolute atomic E-state index is 12.5. The van der Waals surface area contributed by atoms with Crippen LogP contribution in [0.2, 0.25) is 0 Å². The van der Waals surface area contributed by atoms with Crippen molar-refractivity contribution in [1.82, 2.24) is 9.71 Å². The molecule has 1 N–H and O–H groups in total. The molecule has 0 amide bonds. The fourth-order valence-corrected chi connectivity index (χ4v) is 5.90. The summed E-state index contributed by atoms with van der Waals surface area (Å²) in [6, 6.07) is 8.14. The van der Waals surface area contributed by atoms with Crippen molar-refractivity contribution in [2.75, 3.05) is 0 Å². The van der Waals surface area contributed by atoms with Crippen LogP contribution in [0.5, 0.6) is 0 Å². The number of nitrogens with zero attached hydrogens (tertiary/aromatic N) is 1. The lowest BCUT2D eigenvalue weighted by atomic mass is 10.0. The van der Waals surface area contributed by atoms with Crippen LogP contribution in [0.4, 0.5) is 0 Å². The van der Waals surface area contributed by atoms with E-state index in [1.54, 1.807) is 11.3 Å². The first kappa shape index (κ1) is 17.6. The molecule has 24 heavy (non-hydrogen) atoms. The van der Waals surface area contributed by atoms with Crippen LogP contribution in [-0.2, 0) is 16.6 Å². The molecule has 1 saturated carbocycles. The van der Waals surface area contributed by atoms with Gasteiger partial charge in [0.25, 0.3) is 0 Å². The van der Waals surface area contributed by atoms with Gasteiger partial charge in [0.2, 0.25) is 10.0 Å². The first-order valence-corrected chi connectivity index (χ1v) is 10.8.